The fraction of sp³-hybridized carbons (Fsp3) is 0.917. The first-order valence-corrected chi connectivity index (χ1v) is 6.46. The molecular formula is C12H25N3O. The summed E-state index contributed by atoms with van der Waals surface area (Å²) in [6.45, 7) is 3.62. The van der Waals surface area contributed by atoms with Crippen LogP contribution < -0.4 is 16.4 Å². The highest BCUT2D eigenvalue weighted by Crippen LogP contribution is 2.17. The lowest BCUT2D eigenvalue weighted by atomic mass is 10.1. The third kappa shape index (κ3) is 5.35. The fourth-order valence-electron chi connectivity index (χ4n) is 2.08. The lowest BCUT2D eigenvalue weighted by molar-refractivity contribution is 0.236. The summed E-state index contributed by atoms with van der Waals surface area (Å²) in [4.78, 5) is 11.5. The summed E-state index contributed by atoms with van der Waals surface area (Å²) in [5, 5.41) is 5.90. The number of hydrogen-bond donors (Lipinski definition) is 3. The number of nitrogens with one attached hydrogen (secondary N) is 2. The van der Waals surface area contributed by atoms with E-state index in [2.05, 4.69) is 17.6 Å². The second-order valence-corrected chi connectivity index (χ2v) is 4.86. The van der Waals surface area contributed by atoms with Crippen molar-refractivity contribution in [2.45, 2.75) is 51.5 Å². The second-order valence-electron chi connectivity index (χ2n) is 4.86. The summed E-state index contributed by atoms with van der Waals surface area (Å²) >= 11 is 0. The van der Waals surface area contributed by atoms with Crippen LogP contribution >= 0.6 is 0 Å². The Bertz CT molecular complexity index is 202. The third-order valence-electron chi connectivity index (χ3n) is 3.25. The predicted molar refractivity (Wildman–Crippen MR) is 66.2 cm³/mol. The van der Waals surface area contributed by atoms with Crippen molar-refractivity contribution in [3.05, 3.63) is 0 Å². The number of hydrogen-bond acceptors (Lipinski definition) is 2. The molecule has 4 N–H and O–H groups in total. The maximum absolute atomic E-state index is 11.5. The molecule has 94 valence electrons. The molecule has 1 atom stereocenters. The van der Waals surface area contributed by atoms with Gasteiger partial charge in [-0.25, -0.2) is 4.79 Å². The molecule has 0 aromatic carbocycles. The smallest absolute Gasteiger partial charge is 0.315 e. The molecule has 1 fully saturated rings. The highest BCUT2D eigenvalue weighted by atomic mass is 16.2. The SMILES string of the molecule is CC(CN)CCCNC(=O)NC1CCCC1. The number of rotatable bonds is 6. The molecule has 0 heterocycles. The van der Waals surface area contributed by atoms with E-state index in [1.165, 1.54) is 12.8 Å². The summed E-state index contributed by atoms with van der Waals surface area (Å²) in [7, 11) is 0. The average molecular weight is 227 g/mol. The van der Waals surface area contributed by atoms with Crippen molar-refractivity contribution in [1.29, 1.82) is 0 Å². The van der Waals surface area contributed by atoms with Gasteiger partial charge in [-0.3, -0.25) is 0 Å². The van der Waals surface area contributed by atoms with Gasteiger partial charge in [0.1, 0.15) is 0 Å². The van der Waals surface area contributed by atoms with Crippen LogP contribution in [0.3, 0.4) is 0 Å². The quantitative estimate of drug-likeness (QED) is 0.603. The molecule has 1 aliphatic carbocycles. The van der Waals surface area contributed by atoms with Crippen LogP contribution in [0.1, 0.15) is 45.4 Å². The average Bonchev–Trinajstić information content (AvgIpc) is 2.76. The van der Waals surface area contributed by atoms with E-state index in [4.69, 9.17) is 5.73 Å². The van der Waals surface area contributed by atoms with Gasteiger partial charge in [0.15, 0.2) is 0 Å². The van der Waals surface area contributed by atoms with Gasteiger partial charge in [0, 0.05) is 12.6 Å². The fourth-order valence-corrected chi connectivity index (χ4v) is 2.08. The maximum atomic E-state index is 11.5. The van der Waals surface area contributed by atoms with Crippen LogP contribution in [-0.2, 0) is 0 Å². The minimum atomic E-state index is -0.00713. The van der Waals surface area contributed by atoms with Gasteiger partial charge in [0.05, 0.1) is 0 Å². The Balaban J connectivity index is 1.97. The second kappa shape index (κ2) is 7.49. The summed E-state index contributed by atoms with van der Waals surface area (Å²) in [6.07, 6.45) is 6.86. The molecule has 0 spiro atoms. The zero-order valence-corrected chi connectivity index (χ0v) is 10.3. The van der Waals surface area contributed by atoms with E-state index in [1.54, 1.807) is 0 Å². The highest BCUT2D eigenvalue weighted by molar-refractivity contribution is 5.74. The van der Waals surface area contributed by atoms with E-state index in [0.717, 1.165) is 38.8 Å². The lowest BCUT2D eigenvalue weighted by Gasteiger charge is -2.13. The molecule has 0 aliphatic heterocycles. The Kier molecular flexibility index (Phi) is 6.23. The first-order chi connectivity index (χ1) is 7.72. The molecule has 0 aromatic rings. The van der Waals surface area contributed by atoms with Gasteiger partial charge in [-0.1, -0.05) is 19.8 Å². The number of urea groups is 1. The third-order valence-corrected chi connectivity index (χ3v) is 3.25. The standard InChI is InChI=1S/C12H25N3O/c1-10(9-13)5-4-8-14-12(16)15-11-6-2-3-7-11/h10-11H,2-9,13H2,1H3,(H2,14,15,16). The van der Waals surface area contributed by atoms with Crippen molar-refractivity contribution in [3.63, 3.8) is 0 Å². The molecule has 4 heteroatoms. The normalized spacial score (nSPS) is 18.4. The van der Waals surface area contributed by atoms with Crippen LogP contribution in [0.5, 0.6) is 0 Å². The van der Waals surface area contributed by atoms with E-state index >= 15 is 0 Å². The summed E-state index contributed by atoms with van der Waals surface area (Å²) in [6, 6.07) is 0.398. The van der Waals surface area contributed by atoms with E-state index in [0.29, 0.717) is 12.0 Å². The van der Waals surface area contributed by atoms with Gasteiger partial charge in [0.2, 0.25) is 0 Å². The van der Waals surface area contributed by atoms with E-state index in [9.17, 15) is 4.79 Å². The Morgan fingerprint density at radius 2 is 2.12 bits per heavy atom. The van der Waals surface area contributed by atoms with Crippen molar-refractivity contribution in [2.75, 3.05) is 13.1 Å². The molecule has 1 unspecified atom stereocenters. The number of nitrogens with two attached hydrogens (primary N) is 1. The predicted octanol–water partition coefficient (Wildman–Crippen LogP) is 1.60. The van der Waals surface area contributed by atoms with E-state index < -0.39 is 0 Å². The van der Waals surface area contributed by atoms with Gasteiger partial charge in [-0.15, -0.1) is 0 Å². The molecule has 1 rings (SSSR count). The lowest BCUT2D eigenvalue weighted by Crippen LogP contribution is -2.41. The summed E-state index contributed by atoms with van der Waals surface area (Å²) in [5.74, 6) is 0.555. The largest absolute Gasteiger partial charge is 0.338 e. The molecule has 4 nitrogen and oxygen atoms in total. The van der Waals surface area contributed by atoms with Crippen LogP contribution in [0, 0.1) is 5.92 Å². The van der Waals surface area contributed by atoms with Gasteiger partial charge < -0.3 is 16.4 Å². The number of carbonyl (C=O) groups is 1. The van der Waals surface area contributed by atoms with Crippen LogP contribution in [-0.4, -0.2) is 25.2 Å². The molecule has 1 saturated carbocycles. The van der Waals surface area contributed by atoms with Crippen molar-refractivity contribution in [3.8, 4) is 0 Å². The molecule has 0 radical (unpaired) electrons. The molecule has 16 heavy (non-hydrogen) atoms. The first kappa shape index (κ1) is 13.3. The van der Waals surface area contributed by atoms with Crippen molar-refractivity contribution >= 4 is 6.03 Å². The molecule has 0 bridgehead atoms. The zero-order chi connectivity index (χ0) is 11.8. The molecule has 2 amide bonds. The number of carbonyl (C=O) groups excluding carboxylic acids is 1. The summed E-state index contributed by atoms with van der Waals surface area (Å²) < 4.78 is 0. The monoisotopic (exact) mass is 227 g/mol. The van der Waals surface area contributed by atoms with Crippen molar-refractivity contribution in [2.24, 2.45) is 11.7 Å². The molecule has 0 aromatic heterocycles. The summed E-state index contributed by atoms with van der Waals surface area (Å²) in [5.41, 5.74) is 5.52. The highest BCUT2D eigenvalue weighted by Gasteiger charge is 2.16. The van der Waals surface area contributed by atoms with Gasteiger partial charge in [0.25, 0.3) is 0 Å². The van der Waals surface area contributed by atoms with E-state index in [-0.39, 0.29) is 6.03 Å². The van der Waals surface area contributed by atoms with Crippen LogP contribution in [0.15, 0.2) is 0 Å². The first-order valence-electron chi connectivity index (χ1n) is 6.46. The minimum Gasteiger partial charge on any atom is -0.338 e. The topological polar surface area (TPSA) is 67.1 Å². The van der Waals surface area contributed by atoms with Gasteiger partial charge in [-0.2, -0.15) is 0 Å². The Labute approximate surface area is 98.3 Å². The number of amides is 2. The molecule has 0 saturated heterocycles. The van der Waals surface area contributed by atoms with Gasteiger partial charge in [-0.05, 0) is 38.1 Å². The van der Waals surface area contributed by atoms with Crippen molar-refractivity contribution in [1.82, 2.24) is 10.6 Å². The van der Waals surface area contributed by atoms with E-state index in [1.807, 2.05) is 0 Å². The van der Waals surface area contributed by atoms with Crippen molar-refractivity contribution < 1.29 is 4.79 Å². The Hall–Kier alpha value is -0.770. The van der Waals surface area contributed by atoms with Crippen LogP contribution in [0.4, 0.5) is 4.79 Å². The molecule has 1 aliphatic rings. The Morgan fingerprint density at radius 1 is 1.44 bits per heavy atom. The maximum Gasteiger partial charge on any atom is 0.315 e. The van der Waals surface area contributed by atoms with Gasteiger partial charge >= 0.3 is 6.03 Å². The molecular weight excluding hydrogens is 202 g/mol. The zero-order valence-electron chi connectivity index (χ0n) is 10.3. The minimum absolute atomic E-state index is 0.00713. The van der Waals surface area contributed by atoms with Crippen LogP contribution in [0.2, 0.25) is 0 Å². The van der Waals surface area contributed by atoms with Crippen LogP contribution in [0.25, 0.3) is 0 Å². The Morgan fingerprint density at radius 3 is 2.75 bits per heavy atom.